The Balaban J connectivity index is 1.85. The molecule has 0 aromatic heterocycles. The van der Waals surface area contributed by atoms with E-state index < -0.39 is 11.9 Å². The van der Waals surface area contributed by atoms with Crippen molar-refractivity contribution in [3.05, 3.63) is 34.9 Å². The zero-order chi connectivity index (χ0) is 13.4. The monoisotopic (exact) mass is 259 g/mol. The molecule has 1 unspecified atom stereocenters. The number of hydrogen-bond acceptors (Lipinski definition) is 3. The topological polar surface area (TPSA) is 75.4 Å². The van der Waals surface area contributed by atoms with Gasteiger partial charge in [0.15, 0.2) is 0 Å². The molecule has 0 saturated carbocycles. The van der Waals surface area contributed by atoms with E-state index in [1.54, 1.807) is 4.90 Å². The van der Waals surface area contributed by atoms with E-state index in [-0.39, 0.29) is 5.91 Å². The summed E-state index contributed by atoms with van der Waals surface area (Å²) in [5, 5.41) is 3.25. The fraction of sp³-hybridized carbons (Fsp3) is 0.429. The molecule has 0 bridgehead atoms. The van der Waals surface area contributed by atoms with Crippen molar-refractivity contribution in [2.45, 2.75) is 32.0 Å². The molecular weight excluding hydrogens is 242 g/mol. The molecule has 1 saturated heterocycles. The third-order valence-electron chi connectivity index (χ3n) is 3.93. The maximum absolute atomic E-state index is 12.5. The summed E-state index contributed by atoms with van der Waals surface area (Å²) in [6.07, 6.45) is 1.51. The summed E-state index contributed by atoms with van der Waals surface area (Å²) < 4.78 is 0. The minimum absolute atomic E-state index is 0.0870. The van der Waals surface area contributed by atoms with E-state index in [4.69, 9.17) is 5.73 Å². The number of primary amides is 1. The van der Waals surface area contributed by atoms with Crippen LogP contribution in [0.4, 0.5) is 0 Å². The molecule has 5 heteroatoms. The molecule has 0 aliphatic carbocycles. The van der Waals surface area contributed by atoms with Crippen LogP contribution in [0.3, 0.4) is 0 Å². The normalized spacial score (nSPS) is 21.5. The number of hydrogen-bond donors (Lipinski definition) is 2. The first kappa shape index (κ1) is 12.2. The van der Waals surface area contributed by atoms with Crippen molar-refractivity contribution in [1.82, 2.24) is 10.2 Å². The second-order valence-corrected chi connectivity index (χ2v) is 5.15. The highest BCUT2D eigenvalue weighted by molar-refractivity contribution is 5.97. The summed E-state index contributed by atoms with van der Waals surface area (Å²) in [7, 11) is 0. The summed E-state index contributed by atoms with van der Waals surface area (Å²) in [6.45, 7) is 2.27. The van der Waals surface area contributed by atoms with Crippen LogP contribution in [0.2, 0.25) is 0 Å². The summed E-state index contributed by atoms with van der Waals surface area (Å²) in [5.41, 5.74) is 8.41. The lowest BCUT2D eigenvalue weighted by Gasteiger charge is -2.22. The zero-order valence-corrected chi connectivity index (χ0v) is 10.7. The number of nitrogens with one attached hydrogen (secondary N) is 1. The van der Waals surface area contributed by atoms with Crippen molar-refractivity contribution in [2.75, 3.05) is 6.54 Å². The zero-order valence-electron chi connectivity index (χ0n) is 10.7. The Hall–Kier alpha value is -1.88. The fourth-order valence-corrected chi connectivity index (χ4v) is 2.90. The Morgan fingerprint density at radius 2 is 2.05 bits per heavy atom. The molecule has 1 aromatic carbocycles. The van der Waals surface area contributed by atoms with Gasteiger partial charge in [-0.1, -0.05) is 6.07 Å². The van der Waals surface area contributed by atoms with Gasteiger partial charge in [-0.3, -0.25) is 9.59 Å². The van der Waals surface area contributed by atoms with Crippen LogP contribution in [0.5, 0.6) is 0 Å². The first-order chi connectivity index (χ1) is 9.16. The SMILES string of the molecule is NC(=O)C1CCCN1C(=O)c1ccc2c(c1)CNC2. The number of fused-ring (bicyclic) bond motifs is 1. The van der Waals surface area contributed by atoms with Crippen molar-refractivity contribution < 1.29 is 9.59 Å². The van der Waals surface area contributed by atoms with Crippen molar-refractivity contribution in [1.29, 1.82) is 0 Å². The Morgan fingerprint density at radius 3 is 2.84 bits per heavy atom. The predicted octanol–water partition coefficient (Wildman–Crippen LogP) is 0.380. The Kier molecular flexibility index (Phi) is 2.98. The molecule has 0 radical (unpaired) electrons. The number of carbonyl (C=O) groups excluding carboxylic acids is 2. The van der Waals surface area contributed by atoms with Gasteiger partial charge < -0.3 is 16.0 Å². The van der Waals surface area contributed by atoms with Crippen molar-refractivity contribution in [3.63, 3.8) is 0 Å². The standard InChI is InChI=1S/C14H17N3O2/c15-13(18)12-2-1-5-17(12)14(19)9-3-4-10-7-16-8-11(10)6-9/h3-4,6,12,16H,1-2,5,7-8H2,(H2,15,18). The van der Waals surface area contributed by atoms with Crippen LogP contribution < -0.4 is 11.1 Å². The summed E-state index contributed by atoms with van der Waals surface area (Å²) in [6, 6.07) is 5.30. The maximum Gasteiger partial charge on any atom is 0.254 e. The predicted molar refractivity (Wildman–Crippen MR) is 70.2 cm³/mol. The van der Waals surface area contributed by atoms with E-state index in [1.165, 1.54) is 11.1 Å². The maximum atomic E-state index is 12.5. The fourth-order valence-electron chi connectivity index (χ4n) is 2.90. The van der Waals surface area contributed by atoms with E-state index in [9.17, 15) is 9.59 Å². The van der Waals surface area contributed by atoms with Gasteiger partial charge in [0.1, 0.15) is 6.04 Å². The Bertz CT molecular complexity index is 541. The Labute approximate surface area is 111 Å². The first-order valence-corrected chi connectivity index (χ1v) is 6.59. The van der Waals surface area contributed by atoms with Crippen molar-refractivity contribution >= 4 is 11.8 Å². The van der Waals surface area contributed by atoms with Crippen LogP contribution in [0.1, 0.15) is 34.3 Å². The molecular formula is C14H17N3O2. The van der Waals surface area contributed by atoms with Gasteiger partial charge in [-0.15, -0.1) is 0 Å². The quantitative estimate of drug-likeness (QED) is 0.806. The number of benzene rings is 1. The smallest absolute Gasteiger partial charge is 0.254 e. The van der Waals surface area contributed by atoms with E-state index in [1.807, 2.05) is 18.2 Å². The van der Waals surface area contributed by atoms with Gasteiger partial charge in [-0.25, -0.2) is 0 Å². The van der Waals surface area contributed by atoms with Gasteiger partial charge in [0, 0.05) is 25.2 Å². The third kappa shape index (κ3) is 2.10. The minimum atomic E-state index is -0.445. The lowest BCUT2D eigenvalue weighted by Crippen LogP contribution is -2.43. The highest BCUT2D eigenvalue weighted by atomic mass is 16.2. The number of likely N-dealkylation sites (tertiary alicyclic amines) is 1. The molecule has 5 nitrogen and oxygen atoms in total. The second kappa shape index (κ2) is 4.66. The van der Waals surface area contributed by atoms with Gasteiger partial charge >= 0.3 is 0 Å². The molecule has 3 rings (SSSR count). The molecule has 1 atom stereocenters. The van der Waals surface area contributed by atoms with Crippen LogP contribution in [0.25, 0.3) is 0 Å². The number of nitrogens with zero attached hydrogens (tertiary/aromatic N) is 1. The molecule has 1 fully saturated rings. The van der Waals surface area contributed by atoms with E-state index >= 15 is 0 Å². The molecule has 2 heterocycles. The molecule has 2 aliphatic rings. The van der Waals surface area contributed by atoms with Crippen LogP contribution >= 0.6 is 0 Å². The molecule has 1 aromatic rings. The highest BCUT2D eigenvalue weighted by Gasteiger charge is 2.33. The largest absolute Gasteiger partial charge is 0.368 e. The number of nitrogens with two attached hydrogens (primary N) is 1. The number of amides is 2. The van der Waals surface area contributed by atoms with E-state index in [0.29, 0.717) is 18.5 Å². The van der Waals surface area contributed by atoms with Gasteiger partial charge in [0.2, 0.25) is 5.91 Å². The van der Waals surface area contributed by atoms with Gasteiger partial charge in [0.05, 0.1) is 0 Å². The molecule has 2 amide bonds. The number of rotatable bonds is 2. The van der Waals surface area contributed by atoms with Gasteiger partial charge in [-0.2, -0.15) is 0 Å². The third-order valence-corrected chi connectivity index (χ3v) is 3.93. The number of carbonyl (C=O) groups is 2. The minimum Gasteiger partial charge on any atom is -0.368 e. The lowest BCUT2D eigenvalue weighted by atomic mass is 10.1. The van der Waals surface area contributed by atoms with E-state index in [2.05, 4.69) is 5.32 Å². The summed E-state index contributed by atoms with van der Waals surface area (Å²) in [5.74, 6) is -0.496. The molecule has 3 N–H and O–H groups in total. The van der Waals surface area contributed by atoms with Gasteiger partial charge in [0.25, 0.3) is 5.91 Å². The van der Waals surface area contributed by atoms with Crippen LogP contribution in [0, 0.1) is 0 Å². The van der Waals surface area contributed by atoms with Crippen LogP contribution in [0.15, 0.2) is 18.2 Å². The van der Waals surface area contributed by atoms with Crippen molar-refractivity contribution in [2.24, 2.45) is 5.73 Å². The molecule has 0 spiro atoms. The highest BCUT2D eigenvalue weighted by Crippen LogP contribution is 2.22. The Morgan fingerprint density at radius 1 is 1.26 bits per heavy atom. The lowest BCUT2D eigenvalue weighted by molar-refractivity contribution is -0.121. The van der Waals surface area contributed by atoms with E-state index in [0.717, 1.165) is 19.5 Å². The van der Waals surface area contributed by atoms with Crippen LogP contribution in [-0.2, 0) is 17.9 Å². The molecule has 100 valence electrons. The summed E-state index contributed by atoms with van der Waals surface area (Å²) in [4.78, 5) is 25.4. The van der Waals surface area contributed by atoms with Gasteiger partial charge in [-0.05, 0) is 36.1 Å². The molecule has 19 heavy (non-hydrogen) atoms. The average Bonchev–Trinajstić information content (AvgIpc) is 3.05. The first-order valence-electron chi connectivity index (χ1n) is 6.59. The second-order valence-electron chi connectivity index (χ2n) is 5.15. The summed E-state index contributed by atoms with van der Waals surface area (Å²) >= 11 is 0. The average molecular weight is 259 g/mol. The molecule has 2 aliphatic heterocycles. The van der Waals surface area contributed by atoms with Crippen molar-refractivity contribution in [3.8, 4) is 0 Å². The van der Waals surface area contributed by atoms with Crippen LogP contribution in [-0.4, -0.2) is 29.3 Å².